The molecule has 1 aromatic carbocycles. The van der Waals surface area contributed by atoms with E-state index in [-0.39, 0.29) is 24.1 Å². The van der Waals surface area contributed by atoms with Gasteiger partial charge in [-0.05, 0) is 62.4 Å². The lowest BCUT2D eigenvalue weighted by Crippen LogP contribution is -2.48. The Kier molecular flexibility index (Phi) is 6.80. The number of rotatable bonds is 4. The largest absolute Gasteiger partial charge is 0.372 e. The average Bonchev–Trinajstić information content (AvgIpc) is 3.32. The molecule has 4 N–H and O–H groups in total. The van der Waals surface area contributed by atoms with Crippen LogP contribution in [0.5, 0.6) is 0 Å². The third-order valence-electron chi connectivity index (χ3n) is 5.11. The molecule has 2 amide bonds. The number of hydrogen-bond acceptors (Lipinski definition) is 4. The van der Waals surface area contributed by atoms with Crippen LogP contribution in [0.25, 0.3) is 0 Å². The molecule has 1 fully saturated rings. The smallest absolute Gasteiger partial charge is 0.323 e. The maximum atomic E-state index is 12.2. The van der Waals surface area contributed by atoms with Crippen LogP contribution in [0.3, 0.4) is 0 Å². The fourth-order valence-corrected chi connectivity index (χ4v) is 3.73. The molecule has 0 saturated carbocycles. The Morgan fingerprint density at radius 1 is 1.09 bits per heavy atom. The molecule has 2 atom stereocenters. The quantitative estimate of drug-likeness (QED) is 0.359. The van der Waals surface area contributed by atoms with Crippen LogP contribution in [-0.2, 0) is 4.74 Å². The fraction of sp³-hybridized carbons (Fsp3) is 0.250. The minimum Gasteiger partial charge on any atom is -0.372 e. The molecule has 1 saturated heterocycles. The van der Waals surface area contributed by atoms with E-state index in [1.54, 1.807) is 48.8 Å². The molecule has 0 unspecified atom stereocenters. The summed E-state index contributed by atoms with van der Waals surface area (Å²) >= 11 is 0. The number of anilines is 2. The van der Waals surface area contributed by atoms with Crippen molar-refractivity contribution in [3.63, 3.8) is 0 Å². The first-order chi connectivity index (χ1) is 16.0. The second-order valence-corrected chi connectivity index (χ2v) is 7.93. The molecule has 0 aliphatic carbocycles. The molecule has 1 aliphatic rings. The molecule has 0 bridgehead atoms. The zero-order valence-corrected chi connectivity index (χ0v) is 18.6. The van der Waals surface area contributed by atoms with Crippen molar-refractivity contribution in [2.45, 2.75) is 26.1 Å². The second-order valence-electron chi connectivity index (χ2n) is 7.93. The Hall–Kier alpha value is -3.98. The highest BCUT2D eigenvalue weighted by molar-refractivity contribution is 6.10. The van der Waals surface area contributed by atoms with Gasteiger partial charge in [-0.1, -0.05) is 0 Å². The number of benzene rings is 1. The van der Waals surface area contributed by atoms with Gasteiger partial charge in [0, 0.05) is 36.7 Å². The van der Waals surface area contributed by atoms with Crippen LogP contribution in [-0.4, -0.2) is 57.9 Å². The van der Waals surface area contributed by atoms with Gasteiger partial charge in [0.05, 0.1) is 29.8 Å². The minimum absolute atomic E-state index is 0.0752. The van der Waals surface area contributed by atoms with E-state index in [0.29, 0.717) is 35.9 Å². The number of urea groups is 1. The summed E-state index contributed by atoms with van der Waals surface area (Å²) in [5.41, 5.74) is 2.71. The van der Waals surface area contributed by atoms with Gasteiger partial charge in [-0.25, -0.2) is 9.79 Å². The standard InChI is InChI=1S/C24H27N7O2/c1-16-14-31(15-17(2)33-16)23(21-6-4-12-27-21)30-22(25)18-7-9-19(10-8-18)28-24(32)29-20-5-3-11-26-13-20/h3-13,16-17,25,27H,14-15H2,1-2H3,(H2,28,29,32)/t16-,17+. The number of nitrogens with zero attached hydrogens (tertiary/aromatic N) is 3. The topological polar surface area (TPSA) is 118 Å². The molecule has 0 radical (unpaired) electrons. The molecule has 9 heteroatoms. The van der Waals surface area contributed by atoms with Gasteiger partial charge >= 0.3 is 6.03 Å². The lowest BCUT2D eigenvalue weighted by Gasteiger charge is -2.37. The summed E-state index contributed by atoms with van der Waals surface area (Å²) in [4.78, 5) is 26.2. The molecular weight excluding hydrogens is 418 g/mol. The summed E-state index contributed by atoms with van der Waals surface area (Å²) < 4.78 is 5.85. The number of H-pyrrole nitrogens is 1. The van der Waals surface area contributed by atoms with Crippen molar-refractivity contribution in [1.82, 2.24) is 14.9 Å². The van der Waals surface area contributed by atoms with Crippen LogP contribution in [0.15, 0.2) is 72.1 Å². The monoisotopic (exact) mass is 445 g/mol. The van der Waals surface area contributed by atoms with Gasteiger partial charge < -0.3 is 25.3 Å². The molecule has 3 heterocycles. The van der Waals surface area contributed by atoms with E-state index in [9.17, 15) is 4.79 Å². The van der Waals surface area contributed by atoms with Gasteiger partial charge in [-0.15, -0.1) is 0 Å². The predicted molar refractivity (Wildman–Crippen MR) is 129 cm³/mol. The van der Waals surface area contributed by atoms with Gasteiger partial charge in [-0.2, -0.15) is 0 Å². The second kappa shape index (κ2) is 10.1. The maximum absolute atomic E-state index is 12.2. The van der Waals surface area contributed by atoms with Crippen LogP contribution in [0.2, 0.25) is 0 Å². The van der Waals surface area contributed by atoms with Gasteiger partial charge in [-0.3, -0.25) is 10.4 Å². The third-order valence-corrected chi connectivity index (χ3v) is 5.11. The Morgan fingerprint density at radius 2 is 1.82 bits per heavy atom. The number of morpholine rings is 1. The van der Waals surface area contributed by atoms with Crippen molar-refractivity contribution in [3.05, 3.63) is 78.4 Å². The number of ether oxygens (including phenoxy) is 1. The van der Waals surface area contributed by atoms with E-state index in [1.807, 2.05) is 32.2 Å². The summed E-state index contributed by atoms with van der Waals surface area (Å²) in [5, 5.41) is 14.1. The first kappa shape index (κ1) is 22.2. The number of pyridine rings is 1. The molecule has 4 rings (SSSR count). The number of aromatic nitrogens is 2. The normalized spacial score (nSPS) is 18.6. The summed E-state index contributed by atoms with van der Waals surface area (Å²) in [6.07, 6.45) is 5.21. The lowest BCUT2D eigenvalue weighted by atomic mass is 10.2. The molecular formula is C24H27N7O2. The van der Waals surface area contributed by atoms with Crippen LogP contribution < -0.4 is 10.6 Å². The van der Waals surface area contributed by atoms with E-state index < -0.39 is 0 Å². The van der Waals surface area contributed by atoms with Crippen LogP contribution >= 0.6 is 0 Å². The molecule has 0 spiro atoms. The van der Waals surface area contributed by atoms with Gasteiger partial charge in [0.1, 0.15) is 0 Å². The zero-order valence-electron chi connectivity index (χ0n) is 18.6. The molecule has 170 valence electrons. The van der Waals surface area contributed by atoms with Crippen molar-refractivity contribution < 1.29 is 9.53 Å². The zero-order chi connectivity index (χ0) is 23.2. The summed E-state index contributed by atoms with van der Waals surface area (Å²) in [6, 6.07) is 14.0. The number of amides is 2. The first-order valence-corrected chi connectivity index (χ1v) is 10.8. The molecule has 1 aliphatic heterocycles. The number of hydrogen-bond donors (Lipinski definition) is 4. The van der Waals surface area contributed by atoms with E-state index in [2.05, 4.69) is 30.5 Å². The van der Waals surface area contributed by atoms with Crippen molar-refractivity contribution >= 4 is 29.1 Å². The SMILES string of the molecule is C[C@@H]1CN(C(=NC(=N)c2ccc(NC(=O)Nc3cccnc3)cc2)c2ccc[nH]2)C[C@H](C)O1. The van der Waals surface area contributed by atoms with Gasteiger partial charge in [0.15, 0.2) is 11.7 Å². The van der Waals surface area contributed by atoms with Crippen molar-refractivity contribution in [1.29, 1.82) is 5.41 Å². The van der Waals surface area contributed by atoms with Crippen molar-refractivity contribution in [3.8, 4) is 0 Å². The summed E-state index contributed by atoms with van der Waals surface area (Å²) in [6.45, 7) is 5.47. The Balaban J connectivity index is 1.47. The molecule has 2 aromatic heterocycles. The minimum atomic E-state index is -0.367. The van der Waals surface area contributed by atoms with E-state index >= 15 is 0 Å². The number of amidine groups is 2. The third kappa shape index (κ3) is 5.83. The van der Waals surface area contributed by atoms with Gasteiger partial charge in [0.25, 0.3) is 0 Å². The number of carbonyl (C=O) groups excluding carboxylic acids is 1. The van der Waals surface area contributed by atoms with E-state index in [1.165, 1.54) is 0 Å². The maximum Gasteiger partial charge on any atom is 0.323 e. The number of carbonyl (C=O) groups is 1. The molecule has 33 heavy (non-hydrogen) atoms. The molecule has 3 aromatic rings. The fourth-order valence-electron chi connectivity index (χ4n) is 3.73. The molecule has 9 nitrogen and oxygen atoms in total. The number of nitrogens with one attached hydrogen (secondary N) is 4. The highest BCUT2D eigenvalue weighted by Gasteiger charge is 2.26. The van der Waals surface area contributed by atoms with Crippen LogP contribution in [0.1, 0.15) is 25.1 Å². The highest BCUT2D eigenvalue weighted by atomic mass is 16.5. The highest BCUT2D eigenvalue weighted by Crippen LogP contribution is 2.17. The number of aromatic amines is 1. The lowest BCUT2D eigenvalue weighted by molar-refractivity contribution is -0.0478. The van der Waals surface area contributed by atoms with Gasteiger partial charge in [0.2, 0.25) is 0 Å². The van der Waals surface area contributed by atoms with E-state index in [4.69, 9.17) is 10.1 Å². The Morgan fingerprint density at radius 3 is 2.45 bits per heavy atom. The summed E-state index contributed by atoms with van der Waals surface area (Å²) in [5.74, 6) is 0.850. The van der Waals surface area contributed by atoms with Crippen LogP contribution in [0.4, 0.5) is 16.2 Å². The first-order valence-electron chi connectivity index (χ1n) is 10.8. The Labute approximate surface area is 192 Å². The summed E-state index contributed by atoms with van der Waals surface area (Å²) in [7, 11) is 0. The van der Waals surface area contributed by atoms with Crippen LogP contribution in [0, 0.1) is 5.41 Å². The number of aliphatic imine (C=N–C) groups is 1. The average molecular weight is 446 g/mol. The van der Waals surface area contributed by atoms with E-state index in [0.717, 1.165) is 5.69 Å². The Bertz CT molecular complexity index is 1100. The van der Waals surface area contributed by atoms with Crippen molar-refractivity contribution in [2.75, 3.05) is 23.7 Å². The predicted octanol–water partition coefficient (Wildman–Crippen LogP) is 3.94. The van der Waals surface area contributed by atoms with Crippen molar-refractivity contribution in [2.24, 2.45) is 4.99 Å².